The third-order valence-corrected chi connectivity index (χ3v) is 26.8. The van der Waals surface area contributed by atoms with Gasteiger partial charge in [0.05, 0.1) is 119 Å². The van der Waals surface area contributed by atoms with E-state index in [-0.39, 0.29) is 136 Å². The summed E-state index contributed by atoms with van der Waals surface area (Å²) in [6.45, 7) is 19.5. The number of carbonyl (C=O) groups excluding carboxylic acids is 8. The third-order valence-electron chi connectivity index (χ3n) is 23.2. The lowest BCUT2D eigenvalue weighted by Gasteiger charge is -2.32. The van der Waals surface area contributed by atoms with E-state index in [0.717, 1.165) is 12.8 Å². The van der Waals surface area contributed by atoms with Crippen molar-refractivity contribution < 1.29 is 83.6 Å². The van der Waals surface area contributed by atoms with Crippen LogP contribution in [0.5, 0.6) is 11.8 Å². The van der Waals surface area contributed by atoms with Gasteiger partial charge in [0.25, 0.3) is 11.1 Å². The Morgan fingerprint density at radius 1 is 0.518 bits per heavy atom. The maximum absolute atomic E-state index is 14.9. The molecule has 12 rings (SSSR count). The number of hydrogen-bond donors (Lipinski definition) is 2. The number of allylic oxidation sites excluding steroid dienone is 4. The minimum atomic E-state index is -3.88. The summed E-state index contributed by atoms with van der Waals surface area (Å²) in [4.78, 5) is 143. The van der Waals surface area contributed by atoms with E-state index < -0.39 is 136 Å². The fourth-order valence-corrected chi connectivity index (χ4v) is 19.4. The minimum Gasteiger partial charge on any atom is -0.471 e. The van der Waals surface area contributed by atoms with Crippen LogP contribution in [0.3, 0.4) is 0 Å². The van der Waals surface area contributed by atoms with Gasteiger partial charge >= 0.3 is 11.9 Å². The molecule has 14 atom stereocenters. The van der Waals surface area contributed by atoms with Crippen molar-refractivity contribution in [1.29, 1.82) is 0 Å². The van der Waals surface area contributed by atoms with Gasteiger partial charge < -0.3 is 38.2 Å². The zero-order valence-electron chi connectivity index (χ0n) is 66.6. The Balaban J connectivity index is 0.000000221. The molecule has 6 heterocycles. The van der Waals surface area contributed by atoms with Gasteiger partial charge in [-0.1, -0.05) is 76.3 Å². The predicted molar refractivity (Wildman–Crippen MR) is 416 cm³/mol. The molecule has 0 spiro atoms. The normalized spacial score (nSPS) is 29.4. The molecule has 4 amide bonds. The molecule has 2 saturated heterocycles. The number of methoxy groups -OCH3 is 2. The molecule has 112 heavy (non-hydrogen) atoms. The Morgan fingerprint density at radius 3 is 1.21 bits per heavy atom. The first-order valence-electron chi connectivity index (χ1n) is 39.7. The van der Waals surface area contributed by atoms with E-state index in [1.54, 1.807) is 90.1 Å². The molecule has 0 unspecified atom stereocenters. The Bertz CT molecular complexity index is 4360. The predicted octanol–water partition coefficient (Wildman–Crippen LogP) is 8.65. The van der Waals surface area contributed by atoms with Crippen molar-refractivity contribution in [3.63, 3.8) is 0 Å². The first-order valence-corrected chi connectivity index (χ1v) is 42.8. The quantitative estimate of drug-likeness (QED) is 0.0617. The number of aromatic nitrogens is 4. The second kappa shape index (κ2) is 34.5. The molecule has 30 heteroatoms. The van der Waals surface area contributed by atoms with Crippen molar-refractivity contribution >= 4 is 88.7 Å². The van der Waals surface area contributed by atoms with E-state index in [9.17, 15) is 64.8 Å². The van der Waals surface area contributed by atoms with E-state index >= 15 is 0 Å². The first kappa shape index (κ1) is 84.7. The average Bonchev–Trinajstić information content (AvgIpc) is 1.57. The summed E-state index contributed by atoms with van der Waals surface area (Å²) < 4.78 is 93.6. The molecule has 0 radical (unpaired) electrons. The molecule has 612 valence electrons. The average molecular weight is 1590 g/mol. The summed E-state index contributed by atoms with van der Waals surface area (Å²) in [5, 5.41) is 9.53. The van der Waals surface area contributed by atoms with E-state index in [4.69, 9.17) is 28.4 Å². The van der Waals surface area contributed by atoms with Gasteiger partial charge in [-0.2, -0.15) is 0 Å². The summed E-state index contributed by atoms with van der Waals surface area (Å²) in [6.07, 6.45) is 12.4. The monoisotopic (exact) mass is 1590 g/mol. The number of nitrogens with zero attached hydrogens (tertiary/aromatic N) is 6. The summed E-state index contributed by atoms with van der Waals surface area (Å²) in [5.74, 6) is -6.13. The van der Waals surface area contributed by atoms with Gasteiger partial charge in [-0.3, -0.25) is 57.4 Å². The van der Waals surface area contributed by atoms with Crippen LogP contribution in [0.1, 0.15) is 185 Å². The van der Waals surface area contributed by atoms with Crippen LogP contribution in [0.25, 0.3) is 21.5 Å². The first-order chi connectivity index (χ1) is 52.8. The number of carbonyl (C=O) groups is 8. The molecular formula is C82H112N8O20S2. The maximum Gasteiger partial charge on any atom is 0.307 e. The highest BCUT2D eigenvalue weighted by Gasteiger charge is 2.63. The van der Waals surface area contributed by atoms with Crippen molar-refractivity contribution in [2.45, 2.75) is 244 Å². The van der Waals surface area contributed by atoms with E-state index in [0.29, 0.717) is 85.8 Å². The molecule has 0 bridgehead atoms. The number of esters is 2. The van der Waals surface area contributed by atoms with Crippen molar-refractivity contribution in [2.75, 3.05) is 40.5 Å². The number of sulfonamides is 2. The van der Waals surface area contributed by atoms with Gasteiger partial charge in [-0.25, -0.2) is 26.2 Å². The van der Waals surface area contributed by atoms with Crippen LogP contribution in [0.15, 0.2) is 82.4 Å². The molecule has 2 aromatic heterocycles. The minimum absolute atomic E-state index is 0.0197. The lowest BCUT2D eigenvalue weighted by atomic mass is 9.82. The molecule has 8 aliphatic rings. The second-order valence-corrected chi connectivity index (χ2v) is 38.6. The lowest BCUT2D eigenvalue weighted by molar-refractivity contribution is -0.160. The molecule has 28 nitrogen and oxygen atoms in total. The van der Waals surface area contributed by atoms with Crippen LogP contribution in [-0.2, 0) is 90.4 Å². The third kappa shape index (κ3) is 20.3. The smallest absolute Gasteiger partial charge is 0.307 e. The summed E-state index contributed by atoms with van der Waals surface area (Å²) in [7, 11) is -4.71. The number of fused-ring (bicyclic) bond motifs is 6. The molecule has 2 aromatic carbocycles. The number of Topliss-reactive ketones (excluding diaryl/α,β-unsaturated/α-hetero) is 2. The molecule has 4 aliphatic carbocycles. The lowest BCUT2D eigenvalue weighted by Crippen LogP contribution is -2.47. The second-order valence-electron chi connectivity index (χ2n) is 34.7. The number of ketones is 2. The van der Waals surface area contributed by atoms with Crippen LogP contribution in [0.2, 0.25) is 0 Å². The van der Waals surface area contributed by atoms with Gasteiger partial charge in [0.1, 0.15) is 23.4 Å². The van der Waals surface area contributed by atoms with Crippen molar-refractivity contribution in [3.05, 3.63) is 93.5 Å². The van der Waals surface area contributed by atoms with Crippen LogP contribution in [-0.4, -0.2) is 180 Å². The highest BCUT2D eigenvalue weighted by molar-refractivity contribution is 7.91. The van der Waals surface area contributed by atoms with Crippen LogP contribution in [0, 0.1) is 58.2 Å². The highest BCUT2D eigenvalue weighted by atomic mass is 32.2. The summed E-state index contributed by atoms with van der Waals surface area (Å²) in [5.41, 5.74) is -4.75. The number of rotatable bonds is 20. The number of ether oxygens (including phenoxy) is 6. The summed E-state index contributed by atoms with van der Waals surface area (Å²) in [6, 6.07) is 11.7. The fourth-order valence-electron chi connectivity index (χ4n) is 16.7. The SMILES string of the molecule is COCCn1nc(O[C@@H]2C[C@H]3C(=O)C[C@]4(C(=O)NS(=O)(=O)C5CC5)C[C@H]4/C=C\CC[C@@H](C)C[C@@H](C)[C@H](CC(=O)OC(C)(C)C)C(=O)N3C2)c2ccccc2c1=O.COCCn1nc(O[C@@H]2C[C@H]3C(=O)C[C@]4(C(=O)NS(=O)(=O)C5CC5)C[C@H]4/C=C\CC[C@H](C)C[C@@H](C)[C@H](CC(=O)OC(C)(C)C)C(=O)N3C2)c2ccccc2c1=O. The Morgan fingerprint density at radius 2 is 0.875 bits per heavy atom. The number of nitrogens with one attached hydrogen (secondary N) is 2. The molecule has 6 fully saturated rings. The Kier molecular flexibility index (Phi) is 26.1. The summed E-state index contributed by atoms with van der Waals surface area (Å²) >= 11 is 0. The highest BCUT2D eigenvalue weighted by Crippen LogP contribution is 2.59. The zero-order valence-corrected chi connectivity index (χ0v) is 68.3. The van der Waals surface area contributed by atoms with Crippen molar-refractivity contribution in [2.24, 2.45) is 58.2 Å². The van der Waals surface area contributed by atoms with Gasteiger partial charge in [-0.15, -0.1) is 10.2 Å². The topological polar surface area (TPSA) is 361 Å². The van der Waals surface area contributed by atoms with Crippen LogP contribution in [0.4, 0.5) is 0 Å². The van der Waals surface area contributed by atoms with Gasteiger partial charge in [0.2, 0.25) is 55.4 Å². The van der Waals surface area contributed by atoms with Gasteiger partial charge in [-0.05, 0) is 178 Å². The standard InChI is InChI=1S/2C41H56N4O10S/c2*1-25-11-7-8-12-27-22-41(27,39(50)43-56(51,52)29-15-16-29)23-34(46)33-20-28(24-44(33)37(48)32(26(2)19-25)21-35(47)55-40(3,4)5)54-36-30-13-9-10-14-31(30)38(49)45(42-36)17-18-53-6/h2*8-10,12-14,25-29,32-33H,7,11,15-24H2,1-6H3,(H,43,50)/b2*12-8-/t25-,26+,27+,28+,32-,33-,41+;25-,26-,27-,28-,32+,33+,41-/m01/s1. The number of benzene rings is 2. The molecule has 2 N–H and O–H groups in total. The van der Waals surface area contributed by atoms with Gasteiger partial charge in [0.15, 0.2) is 11.6 Å². The van der Waals surface area contributed by atoms with E-state index in [2.05, 4.69) is 33.5 Å². The largest absolute Gasteiger partial charge is 0.471 e. The fraction of sp³-hybridized carbons (Fsp3) is 0.659. The van der Waals surface area contributed by atoms with Gasteiger partial charge in [0, 0.05) is 39.9 Å². The molecule has 4 aromatic rings. The zero-order chi connectivity index (χ0) is 81.2. The maximum atomic E-state index is 14.9. The Labute approximate surface area is 655 Å². The van der Waals surface area contributed by atoms with Crippen molar-refractivity contribution in [1.82, 2.24) is 38.8 Å². The molecular weight excluding hydrogens is 1480 g/mol. The number of hydrogen-bond acceptors (Lipinski definition) is 22. The molecule has 4 saturated carbocycles. The number of amides is 4. The van der Waals surface area contributed by atoms with Crippen LogP contribution >= 0.6 is 0 Å². The van der Waals surface area contributed by atoms with E-state index in [1.165, 1.54) is 33.4 Å². The Hall–Kier alpha value is -8.22. The molecule has 4 aliphatic heterocycles. The van der Waals surface area contributed by atoms with E-state index in [1.807, 2.05) is 38.2 Å². The van der Waals surface area contributed by atoms with Crippen molar-refractivity contribution in [3.8, 4) is 11.8 Å². The van der Waals surface area contributed by atoms with Crippen LogP contribution < -0.4 is 30.0 Å².